The van der Waals surface area contributed by atoms with Gasteiger partial charge in [0.1, 0.15) is 0 Å². The van der Waals surface area contributed by atoms with Crippen molar-refractivity contribution in [3.05, 3.63) is 35.9 Å². The van der Waals surface area contributed by atoms with Crippen LogP contribution >= 0.6 is 12.4 Å². The van der Waals surface area contributed by atoms with Crippen LogP contribution in [0.25, 0.3) is 0 Å². The van der Waals surface area contributed by atoms with Crippen molar-refractivity contribution in [2.45, 2.75) is 30.9 Å². The number of hydrogen-bond donors (Lipinski definition) is 1. The van der Waals surface area contributed by atoms with Gasteiger partial charge in [0.2, 0.25) is 10.0 Å². The molecule has 0 aliphatic carbocycles. The molecule has 0 saturated carbocycles. The van der Waals surface area contributed by atoms with E-state index in [2.05, 4.69) is 0 Å². The molecule has 7 heteroatoms. The van der Waals surface area contributed by atoms with Gasteiger partial charge in [0, 0.05) is 31.7 Å². The van der Waals surface area contributed by atoms with E-state index in [9.17, 15) is 8.42 Å². The minimum atomic E-state index is -3.29. The molecule has 2 N–H and O–H groups in total. The monoisotopic (exact) mass is 346 g/mol. The first-order valence-corrected chi connectivity index (χ1v) is 9.07. The second-order valence-electron chi connectivity index (χ2n) is 5.91. The molecular weight excluding hydrogens is 324 g/mol. The molecule has 0 amide bonds. The zero-order chi connectivity index (χ0) is 14.9. The predicted molar refractivity (Wildman–Crippen MR) is 88.7 cm³/mol. The Morgan fingerprint density at radius 1 is 1.23 bits per heavy atom. The quantitative estimate of drug-likeness (QED) is 0.893. The molecule has 2 aliphatic heterocycles. The maximum Gasteiger partial charge on any atom is 0.216 e. The molecule has 0 bridgehead atoms. The van der Waals surface area contributed by atoms with Gasteiger partial charge in [-0.25, -0.2) is 8.42 Å². The Morgan fingerprint density at radius 2 is 1.95 bits per heavy atom. The van der Waals surface area contributed by atoms with Crippen molar-refractivity contribution in [3.8, 4) is 0 Å². The Hall–Kier alpha value is -0.660. The topological polar surface area (TPSA) is 72.6 Å². The standard InChI is InChI=1S/C15H22N2O3S.ClH/c16-15-10-17(9-14(15)12-5-2-1-3-6-12)21(18,19)11-13-7-4-8-20-13;/h1-3,5-6,13-15H,4,7-11,16H2;1H/t13?,14-,15+;/m0./s1. The number of ether oxygens (including phenoxy) is 1. The molecule has 2 saturated heterocycles. The minimum Gasteiger partial charge on any atom is -0.377 e. The zero-order valence-electron chi connectivity index (χ0n) is 12.4. The van der Waals surface area contributed by atoms with Crippen molar-refractivity contribution in [1.82, 2.24) is 4.31 Å². The van der Waals surface area contributed by atoms with Crippen LogP contribution in [0.3, 0.4) is 0 Å². The predicted octanol–water partition coefficient (Wildman–Crippen LogP) is 1.34. The second-order valence-corrected chi connectivity index (χ2v) is 7.93. The Balaban J connectivity index is 0.00000176. The number of rotatable bonds is 4. The molecule has 2 fully saturated rings. The van der Waals surface area contributed by atoms with Gasteiger partial charge in [0.05, 0.1) is 11.9 Å². The third-order valence-electron chi connectivity index (χ3n) is 4.37. The van der Waals surface area contributed by atoms with Crippen LogP contribution in [0.4, 0.5) is 0 Å². The van der Waals surface area contributed by atoms with Crippen molar-refractivity contribution in [2.75, 3.05) is 25.4 Å². The van der Waals surface area contributed by atoms with Gasteiger partial charge in [-0.05, 0) is 18.4 Å². The summed E-state index contributed by atoms with van der Waals surface area (Å²) in [7, 11) is -3.29. The van der Waals surface area contributed by atoms with Crippen LogP contribution in [0.2, 0.25) is 0 Å². The first-order valence-electron chi connectivity index (χ1n) is 7.46. The summed E-state index contributed by atoms with van der Waals surface area (Å²) in [6.07, 6.45) is 1.63. The highest BCUT2D eigenvalue weighted by Gasteiger charge is 2.38. The van der Waals surface area contributed by atoms with Crippen molar-refractivity contribution in [1.29, 1.82) is 0 Å². The number of hydrogen-bond acceptors (Lipinski definition) is 4. The Kier molecular flexibility index (Phi) is 5.85. The SMILES string of the molecule is Cl.N[C@@H]1CN(S(=O)(=O)CC2CCCO2)C[C@H]1c1ccccc1. The van der Waals surface area contributed by atoms with Crippen molar-refractivity contribution < 1.29 is 13.2 Å². The van der Waals surface area contributed by atoms with Crippen LogP contribution in [-0.2, 0) is 14.8 Å². The van der Waals surface area contributed by atoms with Crippen molar-refractivity contribution in [2.24, 2.45) is 5.73 Å². The highest BCUT2D eigenvalue weighted by molar-refractivity contribution is 7.89. The highest BCUT2D eigenvalue weighted by atomic mass is 35.5. The average Bonchev–Trinajstić information content (AvgIpc) is 3.09. The lowest BCUT2D eigenvalue weighted by Gasteiger charge is -2.18. The lowest BCUT2D eigenvalue weighted by atomic mass is 9.95. The van der Waals surface area contributed by atoms with Crippen LogP contribution in [0.5, 0.6) is 0 Å². The van der Waals surface area contributed by atoms with Gasteiger partial charge < -0.3 is 10.5 Å². The van der Waals surface area contributed by atoms with E-state index in [-0.39, 0.29) is 36.2 Å². The molecule has 0 aromatic heterocycles. The Morgan fingerprint density at radius 3 is 2.59 bits per heavy atom. The summed E-state index contributed by atoms with van der Waals surface area (Å²) >= 11 is 0. The number of nitrogens with zero attached hydrogens (tertiary/aromatic N) is 1. The third-order valence-corrected chi connectivity index (χ3v) is 6.25. The van der Waals surface area contributed by atoms with E-state index in [1.165, 1.54) is 4.31 Å². The number of benzene rings is 1. The summed E-state index contributed by atoms with van der Waals surface area (Å²) in [6, 6.07) is 9.76. The summed E-state index contributed by atoms with van der Waals surface area (Å²) in [5.74, 6) is 0.159. The molecule has 2 aliphatic rings. The van der Waals surface area contributed by atoms with Crippen LogP contribution in [0.15, 0.2) is 30.3 Å². The molecule has 124 valence electrons. The summed E-state index contributed by atoms with van der Waals surface area (Å²) in [5.41, 5.74) is 7.28. The molecule has 0 spiro atoms. The van der Waals surface area contributed by atoms with E-state index < -0.39 is 10.0 Å². The summed E-state index contributed by atoms with van der Waals surface area (Å²) < 4.78 is 32.0. The number of sulfonamides is 1. The van der Waals surface area contributed by atoms with Gasteiger partial charge in [-0.15, -0.1) is 12.4 Å². The summed E-state index contributed by atoms with van der Waals surface area (Å²) in [6.45, 7) is 1.54. The molecule has 0 radical (unpaired) electrons. The van der Waals surface area contributed by atoms with E-state index in [0.29, 0.717) is 19.7 Å². The first-order chi connectivity index (χ1) is 10.1. The van der Waals surface area contributed by atoms with Crippen LogP contribution in [-0.4, -0.2) is 50.3 Å². The fraction of sp³-hybridized carbons (Fsp3) is 0.600. The normalized spacial score (nSPS) is 29.4. The lowest BCUT2D eigenvalue weighted by Crippen LogP contribution is -2.36. The fourth-order valence-corrected chi connectivity index (χ4v) is 4.92. The Labute approximate surface area is 138 Å². The Bertz CT molecular complexity index is 576. The van der Waals surface area contributed by atoms with E-state index >= 15 is 0 Å². The van der Waals surface area contributed by atoms with Gasteiger partial charge in [-0.1, -0.05) is 30.3 Å². The van der Waals surface area contributed by atoms with E-state index in [0.717, 1.165) is 18.4 Å². The maximum atomic E-state index is 12.5. The van der Waals surface area contributed by atoms with Gasteiger partial charge in [-0.2, -0.15) is 4.31 Å². The van der Waals surface area contributed by atoms with E-state index in [1.807, 2.05) is 30.3 Å². The average molecular weight is 347 g/mol. The molecule has 3 rings (SSSR count). The summed E-state index contributed by atoms with van der Waals surface area (Å²) in [4.78, 5) is 0. The fourth-order valence-electron chi connectivity index (χ4n) is 3.19. The van der Waals surface area contributed by atoms with E-state index in [4.69, 9.17) is 10.5 Å². The van der Waals surface area contributed by atoms with Gasteiger partial charge in [-0.3, -0.25) is 0 Å². The molecule has 1 aromatic rings. The number of nitrogens with two attached hydrogens (primary N) is 1. The smallest absolute Gasteiger partial charge is 0.216 e. The van der Waals surface area contributed by atoms with Gasteiger partial charge in [0.15, 0.2) is 0 Å². The van der Waals surface area contributed by atoms with Crippen molar-refractivity contribution in [3.63, 3.8) is 0 Å². The largest absolute Gasteiger partial charge is 0.377 e. The van der Waals surface area contributed by atoms with Gasteiger partial charge >= 0.3 is 0 Å². The van der Waals surface area contributed by atoms with Crippen LogP contribution < -0.4 is 5.73 Å². The molecule has 1 unspecified atom stereocenters. The van der Waals surface area contributed by atoms with Gasteiger partial charge in [0.25, 0.3) is 0 Å². The lowest BCUT2D eigenvalue weighted by molar-refractivity contribution is 0.126. The third kappa shape index (κ3) is 3.81. The molecule has 3 atom stereocenters. The molecule has 2 heterocycles. The number of halogens is 1. The van der Waals surface area contributed by atoms with Crippen LogP contribution in [0.1, 0.15) is 24.3 Å². The minimum absolute atomic E-state index is 0. The van der Waals surface area contributed by atoms with Crippen molar-refractivity contribution >= 4 is 22.4 Å². The molecule has 5 nitrogen and oxygen atoms in total. The zero-order valence-corrected chi connectivity index (χ0v) is 14.1. The van der Waals surface area contributed by atoms with E-state index in [1.54, 1.807) is 0 Å². The molecular formula is C15H23ClN2O3S. The first kappa shape index (κ1) is 17.7. The molecule has 22 heavy (non-hydrogen) atoms. The second kappa shape index (κ2) is 7.27. The molecule has 1 aromatic carbocycles. The van der Waals surface area contributed by atoms with Crippen LogP contribution in [0, 0.1) is 0 Å². The summed E-state index contributed by atoms with van der Waals surface area (Å²) in [5, 5.41) is 0. The maximum absolute atomic E-state index is 12.5. The highest BCUT2D eigenvalue weighted by Crippen LogP contribution is 2.29.